The predicted molar refractivity (Wildman–Crippen MR) is 99.5 cm³/mol. The van der Waals surface area contributed by atoms with Gasteiger partial charge < -0.3 is 4.57 Å². The fourth-order valence-electron chi connectivity index (χ4n) is 2.97. The monoisotopic (exact) mass is 320 g/mol. The molecule has 0 heterocycles. The molecule has 3 rings (SSSR count). The average Bonchev–Trinajstić information content (AvgIpc) is 2.64. The van der Waals surface area contributed by atoms with Crippen LogP contribution in [0.5, 0.6) is 0 Å². The molecule has 1 nitrogen and oxygen atoms in total. The van der Waals surface area contributed by atoms with Crippen LogP contribution < -0.4 is 10.6 Å². The molecule has 1 atom stereocenters. The Labute approximate surface area is 138 Å². The van der Waals surface area contributed by atoms with Crippen molar-refractivity contribution >= 4 is 17.8 Å². The van der Waals surface area contributed by atoms with Crippen LogP contribution in [0.4, 0.5) is 0 Å². The molecule has 23 heavy (non-hydrogen) atoms. The summed E-state index contributed by atoms with van der Waals surface area (Å²) < 4.78 is 14.0. The maximum absolute atomic E-state index is 14.0. The molecule has 3 aromatic rings. The molecule has 3 aromatic carbocycles. The fourth-order valence-corrected chi connectivity index (χ4v) is 5.98. The minimum absolute atomic E-state index is 0.238. The molecule has 0 bridgehead atoms. The predicted octanol–water partition coefficient (Wildman–Crippen LogP) is 4.80. The Balaban J connectivity index is 2.02. The molecule has 0 amide bonds. The lowest BCUT2D eigenvalue weighted by Gasteiger charge is -2.23. The minimum Gasteiger partial charge on any atom is -0.314 e. The first kappa shape index (κ1) is 15.8. The second-order valence-corrected chi connectivity index (χ2v) is 8.78. The molecule has 0 saturated carbocycles. The van der Waals surface area contributed by atoms with E-state index in [4.69, 9.17) is 0 Å². The van der Waals surface area contributed by atoms with Crippen LogP contribution in [-0.4, -0.2) is 6.16 Å². The zero-order valence-electron chi connectivity index (χ0n) is 13.3. The lowest BCUT2D eigenvalue weighted by molar-refractivity contribution is 0.583. The first-order chi connectivity index (χ1) is 11.2. The van der Waals surface area contributed by atoms with E-state index < -0.39 is 7.14 Å². The SMILES string of the molecule is CC(CP(=O)(c1ccccc1)c1ccccc1)c1ccccc1. The number of hydrogen-bond acceptors (Lipinski definition) is 1. The third kappa shape index (κ3) is 3.46. The van der Waals surface area contributed by atoms with Crippen LogP contribution in [0, 0.1) is 0 Å². The zero-order valence-corrected chi connectivity index (χ0v) is 14.2. The summed E-state index contributed by atoms with van der Waals surface area (Å²) in [6.45, 7) is 2.16. The minimum atomic E-state index is -2.65. The first-order valence-electron chi connectivity index (χ1n) is 7.95. The fraction of sp³-hybridized carbons (Fsp3) is 0.143. The molecule has 2 heteroatoms. The average molecular weight is 320 g/mol. The molecule has 0 aliphatic carbocycles. The van der Waals surface area contributed by atoms with Gasteiger partial charge in [-0.1, -0.05) is 97.9 Å². The Morgan fingerprint density at radius 3 is 1.52 bits per heavy atom. The van der Waals surface area contributed by atoms with Gasteiger partial charge in [0.05, 0.1) is 0 Å². The van der Waals surface area contributed by atoms with E-state index in [1.807, 2.05) is 78.9 Å². The van der Waals surface area contributed by atoms with Crippen molar-refractivity contribution in [3.63, 3.8) is 0 Å². The van der Waals surface area contributed by atoms with E-state index in [9.17, 15) is 4.57 Å². The van der Waals surface area contributed by atoms with Gasteiger partial charge in [0.25, 0.3) is 0 Å². The summed E-state index contributed by atoms with van der Waals surface area (Å²) in [5, 5.41) is 1.88. The lowest BCUT2D eigenvalue weighted by Crippen LogP contribution is -2.20. The topological polar surface area (TPSA) is 17.1 Å². The van der Waals surface area contributed by atoms with Crippen LogP contribution in [0.1, 0.15) is 18.4 Å². The smallest absolute Gasteiger partial charge is 0.143 e. The summed E-state index contributed by atoms with van der Waals surface area (Å²) in [6.07, 6.45) is 0.644. The van der Waals surface area contributed by atoms with Crippen molar-refractivity contribution in [2.24, 2.45) is 0 Å². The van der Waals surface area contributed by atoms with Gasteiger partial charge in [0.2, 0.25) is 0 Å². The zero-order chi connectivity index (χ0) is 16.1. The summed E-state index contributed by atoms with van der Waals surface area (Å²) in [5.41, 5.74) is 1.24. The van der Waals surface area contributed by atoms with E-state index in [1.54, 1.807) is 0 Å². The van der Waals surface area contributed by atoms with Gasteiger partial charge in [0.15, 0.2) is 0 Å². The highest BCUT2D eigenvalue weighted by Gasteiger charge is 2.29. The number of rotatable bonds is 5. The molecule has 0 spiro atoms. The van der Waals surface area contributed by atoms with Crippen LogP contribution in [0.3, 0.4) is 0 Å². The molecular weight excluding hydrogens is 299 g/mol. The van der Waals surface area contributed by atoms with E-state index in [0.29, 0.717) is 6.16 Å². The molecule has 0 fully saturated rings. The molecule has 1 unspecified atom stereocenters. The van der Waals surface area contributed by atoms with Gasteiger partial charge in [-0.05, 0) is 11.5 Å². The van der Waals surface area contributed by atoms with Crippen molar-refractivity contribution in [1.29, 1.82) is 0 Å². The van der Waals surface area contributed by atoms with Crippen molar-refractivity contribution in [2.45, 2.75) is 12.8 Å². The summed E-state index contributed by atoms with van der Waals surface area (Å²) >= 11 is 0. The summed E-state index contributed by atoms with van der Waals surface area (Å²) in [7, 11) is -2.65. The molecule has 0 radical (unpaired) electrons. The van der Waals surface area contributed by atoms with Crippen molar-refractivity contribution in [1.82, 2.24) is 0 Å². The second kappa shape index (κ2) is 6.98. The van der Waals surface area contributed by atoms with Gasteiger partial charge in [-0.15, -0.1) is 0 Å². The maximum Gasteiger partial charge on any atom is 0.143 e. The van der Waals surface area contributed by atoms with Gasteiger partial charge in [-0.25, -0.2) is 0 Å². The highest BCUT2D eigenvalue weighted by molar-refractivity contribution is 7.78. The van der Waals surface area contributed by atoms with Gasteiger partial charge in [-0.2, -0.15) is 0 Å². The molecule has 0 aliphatic heterocycles. The van der Waals surface area contributed by atoms with Crippen molar-refractivity contribution in [3.05, 3.63) is 96.6 Å². The largest absolute Gasteiger partial charge is 0.314 e. The van der Waals surface area contributed by atoms with E-state index in [-0.39, 0.29) is 5.92 Å². The Morgan fingerprint density at radius 2 is 1.09 bits per heavy atom. The third-order valence-corrected chi connectivity index (χ3v) is 7.57. The van der Waals surface area contributed by atoms with Crippen molar-refractivity contribution in [3.8, 4) is 0 Å². The Bertz CT molecular complexity index is 738. The van der Waals surface area contributed by atoms with Gasteiger partial charge >= 0.3 is 0 Å². The summed E-state index contributed by atoms with van der Waals surface area (Å²) in [4.78, 5) is 0. The molecule has 0 saturated heterocycles. The van der Waals surface area contributed by atoms with Crippen molar-refractivity contribution < 1.29 is 4.57 Å². The summed E-state index contributed by atoms with van der Waals surface area (Å²) in [5.74, 6) is 0.238. The van der Waals surface area contributed by atoms with Gasteiger partial charge in [-0.3, -0.25) is 0 Å². The van der Waals surface area contributed by atoms with Crippen LogP contribution in [0.2, 0.25) is 0 Å². The molecular formula is C21H21OP. The van der Waals surface area contributed by atoms with Crippen LogP contribution >= 0.6 is 7.14 Å². The second-order valence-electron chi connectivity index (χ2n) is 5.91. The van der Waals surface area contributed by atoms with E-state index in [2.05, 4.69) is 19.1 Å². The maximum atomic E-state index is 14.0. The van der Waals surface area contributed by atoms with E-state index in [0.717, 1.165) is 10.6 Å². The lowest BCUT2D eigenvalue weighted by atomic mass is 10.0. The summed E-state index contributed by atoms with van der Waals surface area (Å²) in [6, 6.07) is 30.1. The standard InChI is InChI=1S/C21H21OP/c1-18(19-11-5-2-6-12-19)17-23(22,20-13-7-3-8-14-20)21-15-9-4-10-16-21/h2-16,18H,17H2,1H3. The molecule has 0 aliphatic rings. The number of hydrogen-bond donors (Lipinski definition) is 0. The van der Waals surface area contributed by atoms with E-state index >= 15 is 0 Å². The Morgan fingerprint density at radius 1 is 0.696 bits per heavy atom. The van der Waals surface area contributed by atoms with Crippen LogP contribution in [-0.2, 0) is 4.57 Å². The number of benzene rings is 3. The van der Waals surface area contributed by atoms with Gasteiger partial charge in [0, 0.05) is 16.8 Å². The highest BCUT2D eigenvalue weighted by Crippen LogP contribution is 2.46. The van der Waals surface area contributed by atoms with Crippen molar-refractivity contribution in [2.75, 3.05) is 6.16 Å². The van der Waals surface area contributed by atoms with Crippen LogP contribution in [0.25, 0.3) is 0 Å². The molecule has 0 aromatic heterocycles. The molecule has 0 N–H and O–H groups in total. The quantitative estimate of drug-likeness (QED) is 0.617. The molecule has 116 valence electrons. The Kier molecular flexibility index (Phi) is 4.79. The van der Waals surface area contributed by atoms with Gasteiger partial charge in [0.1, 0.15) is 7.14 Å². The first-order valence-corrected chi connectivity index (χ1v) is 9.84. The highest BCUT2D eigenvalue weighted by atomic mass is 31.2. The normalized spacial score (nSPS) is 12.7. The van der Waals surface area contributed by atoms with Crippen LogP contribution in [0.15, 0.2) is 91.0 Å². The Hall–Kier alpha value is -2.11. The van der Waals surface area contributed by atoms with E-state index in [1.165, 1.54) is 5.56 Å². The third-order valence-electron chi connectivity index (χ3n) is 4.25.